The molecule has 2 atom stereocenters. The monoisotopic (exact) mass is 438 g/mol. The molecule has 3 rings (SSSR count). The molecule has 0 saturated carbocycles. The van der Waals surface area contributed by atoms with E-state index in [9.17, 15) is 4.79 Å². The van der Waals surface area contributed by atoms with Gasteiger partial charge in [-0.3, -0.25) is 0 Å². The highest BCUT2D eigenvalue weighted by Gasteiger charge is 2.52. The van der Waals surface area contributed by atoms with Crippen molar-refractivity contribution in [3.05, 3.63) is 22.8 Å². The Kier molecular flexibility index (Phi) is 6.19. The highest BCUT2D eigenvalue weighted by molar-refractivity contribution is 6.61. The molecule has 1 amide bonds. The van der Waals surface area contributed by atoms with Gasteiger partial charge in [-0.25, -0.2) is 9.78 Å². The fourth-order valence-corrected chi connectivity index (χ4v) is 3.64. The minimum Gasteiger partial charge on any atom is -0.444 e. The molecule has 2 aliphatic rings. The van der Waals surface area contributed by atoms with Gasteiger partial charge in [-0.15, -0.1) is 0 Å². The molecule has 0 N–H and O–H groups in total. The number of ether oxygens (including phenoxy) is 2. The van der Waals surface area contributed by atoms with E-state index in [2.05, 4.69) is 4.98 Å². The van der Waals surface area contributed by atoms with Crippen molar-refractivity contribution in [3.8, 4) is 0 Å². The van der Waals surface area contributed by atoms with E-state index in [0.717, 1.165) is 5.56 Å². The van der Waals surface area contributed by atoms with Crippen LogP contribution in [0.3, 0.4) is 0 Å². The quantitative estimate of drug-likeness (QED) is 0.517. The number of nitrogens with zero attached hydrogens (tertiary/aromatic N) is 2. The molecule has 166 valence electrons. The maximum absolute atomic E-state index is 12.6. The molecule has 30 heavy (non-hydrogen) atoms. The summed E-state index contributed by atoms with van der Waals surface area (Å²) < 4.78 is 23.9. The molecule has 9 heteroatoms. The molecule has 2 aliphatic heterocycles. The second-order valence-corrected chi connectivity index (χ2v) is 10.4. The summed E-state index contributed by atoms with van der Waals surface area (Å²) in [7, 11) is -0.629. The third-order valence-electron chi connectivity index (χ3n) is 5.61. The van der Waals surface area contributed by atoms with E-state index in [1.807, 2.05) is 61.5 Å². The van der Waals surface area contributed by atoms with E-state index in [-0.39, 0.29) is 18.3 Å². The second-order valence-electron chi connectivity index (χ2n) is 10.1. The summed E-state index contributed by atoms with van der Waals surface area (Å²) >= 11 is 6.33. The third-order valence-corrected chi connectivity index (χ3v) is 5.81. The number of hydrogen-bond donors (Lipinski definition) is 0. The van der Waals surface area contributed by atoms with Gasteiger partial charge in [0.1, 0.15) is 16.9 Å². The van der Waals surface area contributed by atoms with Gasteiger partial charge in [-0.05, 0) is 73.1 Å². The number of halogens is 1. The average molecular weight is 439 g/mol. The molecule has 0 aromatic carbocycles. The Morgan fingerprint density at radius 1 is 1.20 bits per heavy atom. The Morgan fingerprint density at radius 2 is 1.80 bits per heavy atom. The number of hydrogen-bond acceptors (Lipinski definition) is 6. The summed E-state index contributed by atoms with van der Waals surface area (Å²) in [6, 6.07) is 3.64. The first-order chi connectivity index (χ1) is 13.7. The van der Waals surface area contributed by atoms with Gasteiger partial charge in [0.25, 0.3) is 0 Å². The third kappa shape index (κ3) is 5.10. The van der Waals surface area contributed by atoms with E-state index in [4.69, 9.17) is 30.4 Å². The summed E-state index contributed by atoms with van der Waals surface area (Å²) in [6.45, 7) is 16.3. The smallest absolute Gasteiger partial charge is 0.444 e. The molecule has 2 saturated heterocycles. The van der Waals surface area contributed by atoms with Gasteiger partial charge in [-0.2, -0.15) is 0 Å². The molecule has 0 spiro atoms. The van der Waals surface area contributed by atoms with E-state index in [0.29, 0.717) is 23.8 Å². The molecule has 0 unspecified atom stereocenters. The van der Waals surface area contributed by atoms with Crippen LogP contribution in [-0.2, 0) is 18.8 Å². The molecule has 0 aliphatic carbocycles. The van der Waals surface area contributed by atoms with Crippen LogP contribution in [0.2, 0.25) is 5.15 Å². The molecule has 2 fully saturated rings. The second kappa shape index (κ2) is 7.97. The first kappa shape index (κ1) is 23.3. The lowest BCUT2D eigenvalue weighted by molar-refractivity contribution is -0.0816. The Balaban J connectivity index is 1.83. The number of amides is 1. The zero-order chi connectivity index (χ0) is 22.5. The predicted molar refractivity (Wildman–Crippen MR) is 116 cm³/mol. The Labute approximate surface area is 184 Å². The first-order valence-corrected chi connectivity index (χ1v) is 10.7. The zero-order valence-corrected chi connectivity index (χ0v) is 19.9. The molecular weight excluding hydrogens is 407 g/mol. The van der Waals surface area contributed by atoms with E-state index < -0.39 is 23.9 Å². The molecule has 1 aromatic heterocycles. The van der Waals surface area contributed by atoms with Crippen molar-refractivity contribution in [2.75, 3.05) is 13.1 Å². The van der Waals surface area contributed by atoms with Gasteiger partial charge >= 0.3 is 13.2 Å². The molecular formula is C21H32BClN2O5. The lowest BCUT2D eigenvalue weighted by Gasteiger charge is -2.37. The Morgan fingerprint density at radius 3 is 2.37 bits per heavy atom. The van der Waals surface area contributed by atoms with Gasteiger partial charge < -0.3 is 23.7 Å². The Hall–Kier alpha value is -1.35. The van der Waals surface area contributed by atoms with Crippen LogP contribution in [0.1, 0.15) is 67.1 Å². The van der Waals surface area contributed by atoms with Crippen molar-refractivity contribution in [1.82, 2.24) is 9.88 Å². The maximum Gasteiger partial charge on any atom is 0.514 e. The molecule has 0 radical (unpaired) electrons. The van der Waals surface area contributed by atoms with Gasteiger partial charge in [-0.1, -0.05) is 11.6 Å². The predicted octanol–water partition coefficient (Wildman–Crippen LogP) is 3.73. The van der Waals surface area contributed by atoms with Crippen molar-refractivity contribution in [2.45, 2.75) is 84.4 Å². The van der Waals surface area contributed by atoms with Gasteiger partial charge in [0.2, 0.25) is 0 Å². The first-order valence-electron chi connectivity index (χ1n) is 10.3. The minimum absolute atomic E-state index is 0.150. The number of carbonyl (C=O) groups is 1. The molecule has 3 heterocycles. The summed E-state index contributed by atoms with van der Waals surface area (Å²) in [5.74, 6) is 0. The summed E-state index contributed by atoms with van der Waals surface area (Å²) in [6.07, 6.45) is -0.861. The van der Waals surface area contributed by atoms with Gasteiger partial charge in [0, 0.05) is 0 Å². The minimum atomic E-state index is -0.629. The van der Waals surface area contributed by atoms with Gasteiger partial charge in [0.05, 0.1) is 36.0 Å². The summed E-state index contributed by atoms with van der Waals surface area (Å²) in [5.41, 5.74) is -0.115. The zero-order valence-electron chi connectivity index (χ0n) is 19.1. The van der Waals surface area contributed by atoms with Crippen LogP contribution in [0.25, 0.3) is 0 Å². The summed E-state index contributed by atoms with van der Waals surface area (Å²) in [4.78, 5) is 18.7. The number of pyridine rings is 1. The van der Waals surface area contributed by atoms with Crippen LogP contribution in [0.4, 0.5) is 4.79 Å². The standard InChI is InChI=1S/C21H32BClN2O5/c1-13-11-25(18(26)28-19(2,3)4)12-15(27-13)14-9-16(24-17(23)10-14)22-29-20(5,6)21(7,8)30-22/h9-10,13,15H,11-12H2,1-8H3/t13-,15+/m0/s1. The van der Waals surface area contributed by atoms with E-state index >= 15 is 0 Å². The molecule has 0 bridgehead atoms. The molecule has 1 aromatic rings. The molecule has 7 nitrogen and oxygen atoms in total. The number of carbonyl (C=O) groups excluding carboxylic acids is 1. The number of rotatable bonds is 2. The van der Waals surface area contributed by atoms with E-state index in [1.54, 1.807) is 11.0 Å². The lowest BCUT2D eigenvalue weighted by Crippen LogP contribution is -2.48. The van der Waals surface area contributed by atoms with Crippen LogP contribution >= 0.6 is 11.6 Å². The van der Waals surface area contributed by atoms with Crippen molar-refractivity contribution >= 4 is 30.4 Å². The topological polar surface area (TPSA) is 70.1 Å². The van der Waals surface area contributed by atoms with Gasteiger partial charge in [0.15, 0.2) is 0 Å². The largest absolute Gasteiger partial charge is 0.514 e. The fourth-order valence-electron chi connectivity index (χ4n) is 3.42. The highest BCUT2D eigenvalue weighted by Crippen LogP contribution is 2.37. The van der Waals surface area contributed by atoms with Crippen LogP contribution in [-0.4, -0.2) is 59.1 Å². The van der Waals surface area contributed by atoms with Crippen LogP contribution < -0.4 is 5.59 Å². The fraction of sp³-hybridized carbons (Fsp3) is 0.714. The van der Waals surface area contributed by atoms with E-state index in [1.165, 1.54) is 0 Å². The maximum atomic E-state index is 12.6. The van der Waals surface area contributed by atoms with Crippen molar-refractivity contribution in [1.29, 1.82) is 0 Å². The lowest BCUT2D eigenvalue weighted by atomic mass is 9.83. The summed E-state index contributed by atoms with van der Waals surface area (Å²) in [5, 5.41) is 0.322. The van der Waals surface area contributed by atoms with Crippen LogP contribution in [0, 0.1) is 0 Å². The highest BCUT2D eigenvalue weighted by atomic mass is 35.5. The van der Waals surface area contributed by atoms with Crippen LogP contribution in [0.15, 0.2) is 12.1 Å². The normalized spacial score (nSPS) is 26.0. The number of morpholine rings is 1. The number of aromatic nitrogens is 1. The van der Waals surface area contributed by atoms with Crippen molar-refractivity contribution in [2.24, 2.45) is 0 Å². The van der Waals surface area contributed by atoms with Crippen molar-refractivity contribution < 1.29 is 23.6 Å². The van der Waals surface area contributed by atoms with Crippen molar-refractivity contribution in [3.63, 3.8) is 0 Å². The average Bonchev–Trinajstić information content (AvgIpc) is 2.80. The van der Waals surface area contributed by atoms with Crippen LogP contribution in [0.5, 0.6) is 0 Å². The Bertz CT molecular complexity index is 795. The SMILES string of the molecule is C[C@H]1CN(C(=O)OC(C)(C)C)C[C@H](c2cc(Cl)nc(B3OC(C)(C)C(C)(C)O3)c2)O1.